The van der Waals surface area contributed by atoms with Crippen LogP contribution in [0.2, 0.25) is 0 Å². The quantitative estimate of drug-likeness (QED) is 0.240. The molecule has 3 aliphatic heterocycles. The zero-order chi connectivity index (χ0) is 31.4. The third kappa shape index (κ3) is 8.02. The maximum atomic E-state index is 14.0. The van der Waals surface area contributed by atoms with E-state index in [0.717, 1.165) is 56.5 Å². The van der Waals surface area contributed by atoms with Gasteiger partial charge in [-0.1, -0.05) is 24.3 Å². The summed E-state index contributed by atoms with van der Waals surface area (Å²) in [5.74, 6) is 0.489. The normalized spacial score (nSPS) is 19.5. The van der Waals surface area contributed by atoms with Gasteiger partial charge in [0.15, 0.2) is 0 Å². The number of para-hydroxylation sites is 1. The van der Waals surface area contributed by atoms with Crippen molar-refractivity contribution in [1.82, 2.24) is 24.9 Å². The van der Waals surface area contributed by atoms with E-state index in [0.29, 0.717) is 69.1 Å². The second-order valence-corrected chi connectivity index (χ2v) is 13.4. The molecule has 244 valence electrons. The summed E-state index contributed by atoms with van der Waals surface area (Å²) in [6.45, 7) is 7.64. The molecule has 0 saturated carbocycles. The minimum atomic E-state index is -4.47. The molecular weight excluding hydrogens is 604 g/mol. The number of halogens is 4. The van der Waals surface area contributed by atoms with Crippen LogP contribution in [0.3, 0.4) is 0 Å². The number of aromatic nitrogens is 2. The number of anilines is 1. The summed E-state index contributed by atoms with van der Waals surface area (Å²) in [5.41, 5.74) is 3.89. The van der Waals surface area contributed by atoms with Gasteiger partial charge in [-0.2, -0.15) is 18.3 Å². The highest BCUT2D eigenvalue weighted by Crippen LogP contribution is 2.40. The first-order valence-corrected chi connectivity index (χ1v) is 16.9. The van der Waals surface area contributed by atoms with Crippen molar-refractivity contribution in [3.05, 3.63) is 65.4 Å². The molecule has 0 spiro atoms. The Morgan fingerprint density at radius 3 is 2.44 bits per heavy atom. The largest absolute Gasteiger partial charge is 0.417 e. The van der Waals surface area contributed by atoms with E-state index in [-0.39, 0.29) is 4.90 Å². The van der Waals surface area contributed by atoms with E-state index >= 15 is 0 Å². The standard InChI is InChI=1S/C33H42F4N6OS/c34-25-9-12-40(13-10-25)18-19-45-31-20-24(6-7-29(31)33(35,36)37)32-28-21-38-11-8-30(28)43(39-32)23-27(44)22-41-14-16-42(17-15-41)26-4-2-1-3-5-26/h1-7,20,25,27,38,44H,8-19,21-23H2/t27-/m0/s1. The molecule has 6 rings (SSSR count). The van der Waals surface area contributed by atoms with Gasteiger partial charge < -0.3 is 20.2 Å². The van der Waals surface area contributed by atoms with E-state index in [4.69, 9.17) is 5.10 Å². The molecule has 0 bridgehead atoms. The van der Waals surface area contributed by atoms with Gasteiger partial charge in [0, 0.05) is 105 Å². The highest BCUT2D eigenvalue weighted by molar-refractivity contribution is 7.99. The molecule has 0 aliphatic carbocycles. The van der Waals surface area contributed by atoms with Gasteiger partial charge >= 0.3 is 6.18 Å². The number of fused-ring (bicyclic) bond motifs is 1. The van der Waals surface area contributed by atoms with Crippen LogP contribution in [0.1, 0.15) is 29.7 Å². The molecule has 3 aliphatic rings. The second kappa shape index (κ2) is 14.4. The lowest BCUT2D eigenvalue weighted by molar-refractivity contribution is -0.139. The summed E-state index contributed by atoms with van der Waals surface area (Å²) in [5, 5.41) is 19.4. The number of piperidine rings is 1. The van der Waals surface area contributed by atoms with Gasteiger partial charge in [-0.15, -0.1) is 11.8 Å². The Kier molecular flexibility index (Phi) is 10.4. The van der Waals surface area contributed by atoms with Crippen LogP contribution >= 0.6 is 11.8 Å². The number of rotatable bonds is 10. The highest BCUT2D eigenvalue weighted by Gasteiger charge is 2.34. The first-order valence-electron chi connectivity index (χ1n) is 15.9. The van der Waals surface area contributed by atoms with E-state index in [1.807, 2.05) is 22.9 Å². The zero-order valence-corrected chi connectivity index (χ0v) is 26.3. The average Bonchev–Trinajstić information content (AvgIpc) is 3.40. The number of aliphatic hydroxyl groups is 1. The number of thioether (sulfide) groups is 1. The van der Waals surface area contributed by atoms with E-state index in [2.05, 4.69) is 32.1 Å². The van der Waals surface area contributed by atoms with Crippen molar-refractivity contribution < 1.29 is 22.7 Å². The Morgan fingerprint density at radius 1 is 0.956 bits per heavy atom. The molecule has 2 fully saturated rings. The molecule has 2 N–H and O–H groups in total. The fraction of sp³-hybridized carbons (Fsp3) is 0.545. The van der Waals surface area contributed by atoms with Crippen molar-refractivity contribution >= 4 is 17.4 Å². The van der Waals surface area contributed by atoms with Crippen LogP contribution in [0.25, 0.3) is 11.3 Å². The van der Waals surface area contributed by atoms with Crippen LogP contribution in [0.4, 0.5) is 23.2 Å². The van der Waals surface area contributed by atoms with Crippen LogP contribution in [0, 0.1) is 0 Å². The number of nitrogens with zero attached hydrogens (tertiary/aromatic N) is 5. The number of benzene rings is 2. The second-order valence-electron chi connectivity index (χ2n) is 12.2. The van der Waals surface area contributed by atoms with E-state index in [1.165, 1.54) is 23.5 Å². The number of hydrogen-bond donors (Lipinski definition) is 2. The molecule has 45 heavy (non-hydrogen) atoms. The fourth-order valence-electron chi connectivity index (χ4n) is 6.62. The maximum Gasteiger partial charge on any atom is 0.417 e. The molecule has 0 amide bonds. The number of hydrogen-bond acceptors (Lipinski definition) is 7. The summed E-state index contributed by atoms with van der Waals surface area (Å²) in [7, 11) is 0. The van der Waals surface area contributed by atoms with Crippen LogP contribution in [0.5, 0.6) is 0 Å². The van der Waals surface area contributed by atoms with Crippen LogP contribution in [-0.4, -0.2) is 102 Å². The lowest BCUT2D eigenvalue weighted by atomic mass is 10.0. The number of nitrogens with one attached hydrogen (secondary N) is 1. The summed E-state index contributed by atoms with van der Waals surface area (Å²) in [6, 6.07) is 14.6. The number of β-amino-alcohol motifs (C(OH)–C–C–N with tert-alkyl or cyclic N) is 1. The summed E-state index contributed by atoms with van der Waals surface area (Å²) >= 11 is 1.20. The first kappa shape index (κ1) is 32.3. The van der Waals surface area contributed by atoms with Gasteiger partial charge in [0.1, 0.15) is 6.17 Å². The minimum Gasteiger partial charge on any atom is -0.390 e. The molecule has 7 nitrogen and oxygen atoms in total. The van der Waals surface area contributed by atoms with Crippen molar-refractivity contribution in [3.63, 3.8) is 0 Å². The number of piperazine rings is 1. The highest BCUT2D eigenvalue weighted by atomic mass is 32.2. The Morgan fingerprint density at radius 2 is 1.71 bits per heavy atom. The van der Waals surface area contributed by atoms with E-state index in [1.54, 1.807) is 6.07 Å². The van der Waals surface area contributed by atoms with E-state index in [9.17, 15) is 22.7 Å². The first-order chi connectivity index (χ1) is 21.7. The van der Waals surface area contributed by atoms with Crippen molar-refractivity contribution in [2.24, 2.45) is 0 Å². The predicted molar refractivity (Wildman–Crippen MR) is 170 cm³/mol. The molecule has 1 atom stereocenters. The van der Waals surface area contributed by atoms with Crippen molar-refractivity contribution in [1.29, 1.82) is 0 Å². The average molecular weight is 647 g/mol. The lowest BCUT2D eigenvalue weighted by Crippen LogP contribution is -2.49. The third-order valence-electron chi connectivity index (χ3n) is 9.10. The fourth-order valence-corrected chi connectivity index (χ4v) is 7.74. The number of likely N-dealkylation sites (tertiary alicyclic amines) is 1. The molecule has 1 aromatic heterocycles. The lowest BCUT2D eigenvalue weighted by Gasteiger charge is -2.37. The Hall–Kier alpha value is -2.64. The van der Waals surface area contributed by atoms with Crippen LogP contribution in [-0.2, 0) is 25.7 Å². The van der Waals surface area contributed by atoms with Gasteiger partial charge in [-0.05, 0) is 37.1 Å². The third-order valence-corrected chi connectivity index (χ3v) is 10.1. The van der Waals surface area contributed by atoms with Gasteiger partial charge in [0.2, 0.25) is 0 Å². The van der Waals surface area contributed by atoms with Crippen molar-refractivity contribution in [2.45, 2.75) is 55.7 Å². The Balaban J connectivity index is 1.14. The molecule has 2 saturated heterocycles. The maximum absolute atomic E-state index is 14.0. The van der Waals surface area contributed by atoms with Crippen LogP contribution in [0.15, 0.2) is 53.4 Å². The monoisotopic (exact) mass is 646 g/mol. The summed E-state index contributed by atoms with van der Waals surface area (Å²) in [6.07, 6.45) is -4.17. The SMILES string of the molecule is O[C@@H](CN1CCN(c2ccccc2)CC1)Cn1nc(-c2ccc(C(F)(F)F)c(SCCN3CCC(F)CC3)c2)c2c1CCNC2. The predicted octanol–water partition coefficient (Wildman–Crippen LogP) is 4.92. The summed E-state index contributed by atoms with van der Waals surface area (Å²) in [4.78, 5) is 6.94. The molecular formula is C33H42F4N6OS. The molecule has 0 unspecified atom stereocenters. The summed E-state index contributed by atoms with van der Waals surface area (Å²) < 4.78 is 57.4. The van der Waals surface area contributed by atoms with Crippen molar-refractivity contribution in [2.75, 3.05) is 69.6 Å². The topological polar surface area (TPSA) is 59.8 Å². The number of aliphatic hydroxyl groups excluding tert-OH is 1. The van der Waals surface area contributed by atoms with E-state index < -0.39 is 24.0 Å². The minimum absolute atomic E-state index is 0.183. The van der Waals surface area contributed by atoms with Gasteiger partial charge in [0.25, 0.3) is 0 Å². The Labute approximate surface area is 266 Å². The smallest absolute Gasteiger partial charge is 0.390 e. The Bertz CT molecular complexity index is 1400. The van der Waals surface area contributed by atoms with Gasteiger partial charge in [-0.3, -0.25) is 9.58 Å². The van der Waals surface area contributed by atoms with Crippen LogP contribution < -0.4 is 10.2 Å². The number of alkyl halides is 4. The molecule has 0 radical (unpaired) electrons. The van der Waals surface area contributed by atoms with Gasteiger partial charge in [-0.25, -0.2) is 4.39 Å². The molecule has 4 heterocycles. The molecule has 2 aromatic carbocycles. The van der Waals surface area contributed by atoms with Crippen molar-refractivity contribution in [3.8, 4) is 11.3 Å². The molecule has 3 aromatic rings. The zero-order valence-electron chi connectivity index (χ0n) is 25.5. The molecule has 12 heteroatoms. The van der Waals surface area contributed by atoms with Gasteiger partial charge in [0.05, 0.1) is 23.9 Å².